The molecule has 0 unspecified atom stereocenters. The predicted molar refractivity (Wildman–Crippen MR) is 148 cm³/mol. The van der Waals surface area contributed by atoms with Crippen LogP contribution in [0.5, 0.6) is 0 Å². The normalized spacial score (nSPS) is 14.0. The lowest BCUT2D eigenvalue weighted by atomic mass is 9.86. The molecule has 0 aliphatic carbocycles. The van der Waals surface area contributed by atoms with E-state index >= 15 is 0 Å². The van der Waals surface area contributed by atoms with Crippen molar-refractivity contribution in [2.24, 2.45) is 0 Å². The molecule has 0 aliphatic heterocycles. The Morgan fingerprint density at radius 3 is 1.91 bits per heavy atom. The van der Waals surface area contributed by atoms with Gasteiger partial charge in [0.05, 0.1) is 6.85 Å². The summed E-state index contributed by atoms with van der Waals surface area (Å²) in [7, 11) is 0. The fourth-order valence-corrected chi connectivity index (χ4v) is 5.64. The monoisotopic (exact) mass is 449 g/mol. The third-order valence-electron chi connectivity index (χ3n) is 7.13. The van der Waals surface area contributed by atoms with E-state index < -0.39 is 0 Å². The molecule has 0 aliphatic rings. The molecular formula is C34H20O. The topological polar surface area (TPSA) is 13.1 Å². The molecule has 0 spiro atoms. The van der Waals surface area contributed by atoms with Gasteiger partial charge in [0.2, 0.25) is 0 Å². The highest BCUT2D eigenvalue weighted by Gasteiger charge is 2.17. The number of benzene rings is 7. The van der Waals surface area contributed by atoms with Crippen molar-refractivity contribution in [3.8, 4) is 22.3 Å². The zero-order chi connectivity index (χ0) is 27.3. The quantitative estimate of drug-likeness (QED) is 0.239. The first-order valence-corrected chi connectivity index (χ1v) is 11.6. The molecule has 1 aromatic heterocycles. The van der Waals surface area contributed by atoms with E-state index in [2.05, 4.69) is 42.5 Å². The largest absolute Gasteiger partial charge is 0.456 e. The van der Waals surface area contributed by atoms with Gasteiger partial charge in [-0.15, -0.1) is 0 Å². The molecule has 8 rings (SSSR count). The van der Waals surface area contributed by atoms with Crippen LogP contribution in [-0.4, -0.2) is 0 Å². The Hall–Kier alpha value is -4.62. The van der Waals surface area contributed by atoms with Crippen molar-refractivity contribution in [1.29, 1.82) is 0 Å². The highest BCUT2D eigenvalue weighted by atomic mass is 16.3. The van der Waals surface area contributed by atoms with Crippen molar-refractivity contribution in [3.05, 3.63) is 121 Å². The van der Waals surface area contributed by atoms with Crippen LogP contribution in [0.4, 0.5) is 0 Å². The number of furan rings is 1. The minimum Gasteiger partial charge on any atom is -0.456 e. The average Bonchev–Trinajstić information content (AvgIpc) is 3.37. The van der Waals surface area contributed by atoms with Gasteiger partial charge in [0.15, 0.2) is 0 Å². The minimum atomic E-state index is -0.387. The van der Waals surface area contributed by atoms with Crippen molar-refractivity contribution in [2.45, 2.75) is 0 Å². The number of hydrogen-bond acceptors (Lipinski definition) is 1. The van der Waals surface area contributed by atoms with Crippen molar-refractivity contribution >= 4 is 54.3 Å². The smallest absolute Gasteiger partial charge is 0.136 e. The summed E-state index contributed by atoms with van der Waals surface area (Å²) in [6, 6.07) is 29.3. The van der Waals surface area contributed by atoms with Crippen LogP contribution in [0.2, 0.25) is 0 Å². The Morgan fingerprint density at radius 1 is 0.457 bits per heavy atom. The lowest BCUT2D eigenvalue weighted by Gasteiger charge is -2.17. The molecule has 0 saturated heterocycles. The van der Waals surface area contributed by atoms with E-state index in [0.29, 0.717) is 5.56 Å². The van der Waals surface area contributed by atoms with Gasteiger partial charge in [-0.1, -0.05) is 109 Å². The standard InChI is InChI=1S/C34H20O/c1-2-7-21(8-3-1)24-17-15-22-13-14-23-16-18-25(28-20-19-27(24)32(22)33(23)28)26-10-6-12-31-34(26)29-9-4-5-11-30(29)35-31/h1-20H/i1D,2D,3D,7D,8D. The molecule has 0 N–H and O–H groups in total. The molecule has 0 saturated carbocycles. The van der Waals surface area contributed by atoms with Gasteiger partial charge in [0.25, 0.3) is 0 Å². The first-order valence-electron chi connectivity index (χ1n) is 14.1. The summed E-state index contributed by atoms with van der Waals surface area (Å²) >= 11 is 0. The van der Waals surface area contributed by atoms with Crippen LogP contribution in [0.25, 0.3) is 76.5 Å². The Morgan fingerprint density at radius 2 is 1.11 bits per heavy atom. The second-order valence-electron chi connectivity index (χ2n) is 8.93. The second kappa shape index (κ2) is 6.94. The van der Waals surface area contributed by atoms with Crippen molar-refractivity contribution in [1.82, 2.24) is 0 Å². The maximum Gasteiger partial charge on any atom is 0.136 e. The molecule has 8 aromatic rings. The first kappa shape index (κ1) is 14.6. The van der Waals surface area contributed by atoms with E-state index in [1.807, 2.05) is 48.5 Å². The molecule has 1 heteroatoms. The predicted octanol–water partition coefficient (Wildman–Crippen LogP) is 9.82. The van der Waals surface area contributed by atoms with Crippen LogP contribution >= 0.6 is 0 Å². The van der Waals surface area contributed by atoms with Crippen LogP contribution in [-0.2, 0) is 0 Å². The van der Waals surface area contributed by atoms with Crippen LogP contribution in [0.1, 0.15) is 6.85 Å². The van der Waals surface area contributed by atoms with Crippen LogP contribution in [0.3, 0.4) is 0 Å². The highest BCUT2D eigenvalue weighted by molar-refractivity contribution is 6.28. The number of para-hydroxylation sites is 1. The molecule has 0 fully saturated rings. The lowest BCUT2D eigenvalue weighted by Crippen LogP contribution is -1.89. The fraction of sp³-hybridized carbons (Fsp3) is 0. The van der Waals surface area contributed by atoms with Gasteiger partial charge in [0, 0.05) is 10.8 Å². The van der Waals surface area contributed by atoms with E-state index in [9.17, 15) is 0 Å². The maximum absolute atomic E-state index is 8.60. The second-order valence-corrected chi connectivity index (χ2v) is 8.93. The zero-order valence-corrected chi connectivity index (χ0v) is 18.6. The summed E-state index contributed by atoms with van der Waals surface area (Å²) in [5, 5.41) is 8.32. The van der Waals surface area contributed by atoms with Crippen LogP contribution in [0, 0.1) is 0 Å². The van der Waals surface area contributed by atoms with E-state index in [-0.39, 0.29) is 35.8 Å². The van der Waals surface area contributed by atoms with Gasteiger partial charge in [0.1, 0.15) is 11.2 Å². The molecular weight excluding hydrogens is 424 g/mol. The first-order chi connectivity index (χ1) is 19.4. The lowest BCUT2D eigenvalue weighted by molar-refractivity contribution is 0.669. The van der Waals surface area contributed by atoms with E-state index in [1.165, 1.54) is 0 Å². The number of rotatable bonds is 2. The molecule has 0 amide bonds. The van der Waals surface area contributed by atoms with Crippen LogP contribution < -0.4 is 0 Å². The molecule has 0 radical (unpaired) electrons. The highest BCUT2D eigenvalue weighted by Crippen LogP contribution is 2.44. The Bertz CT molecular complexity index is 2300. The SMILES string of the molecule is [2H]c1c([2H])c([2H])c(-c2ccc3ccc4ccc(-c5cccc6oc7ccccc7c56)c5ccc2c3c45)c([2H])c1[2H]. The molecule has 0 bridgehead atoms. The van der Waals surface area contributed by atoms with E-state index in [0.717, 1.165) is 65.4 Å². The fourth-order valence-electron chi connectivity index (χ4n) is 5.64. The van der Waals surface area contributed by atoms with Gasteiger partial charge in [-0.25, -0.2) is 0 Å². The molecule has 7 aromatic carbocycles. The van der Waals surface area contributed by atoms with Gasteiger partial charge in [-0.2, -0.15) is 0 Å². The summed E-state index contributed by atoms with van der Waals surface area (Å²) in [5.41, 5.74) is 4.73. The van der Waals surface area contributed by atoms with Gasteiger partial charge >= 0.3 is 0 Å². The number of fused-ring (bicyclic) bond motifs is 3. The summed E-state index contributed by atoms with van der Waals surface area (Å²) in [6.07, 6.45) is 0. The van der Waals surface area contributed by atoms with Crippen LogP contribution in [0.15, 0.2) is 126 Å². The average molecular weight is 450 g/mol. The molecule has 1 nitrogen and oxygen atoms in total. The summed E-state index contributed by atoms with van der Waals surface area (Å²) in [6.45, 7) is 0. The Labute approximate surface area is 209 Å². The summed E-state index contributed by atoms with van der Waals surface area (Å²) < 4.78 is 47.8. The third-order valence-corrected chi connectivity index (χ3v) is 7.13. The van der Waals surface area contributed by atoms with Crippen molar-refractivity contribution < 1.29 is 11.3 Å². The minimum absolute atomic E-state index is 0.194. The summed E-state index contributed by atoms with van der Waals surface area (Å²) in [4.78, 5) is 0. The van der Waals surface area contributed by atoms with Gasteiger partial charge < -0.3 is 4.42 Å². The molecule has 0 atom stereocenters. The van der Waals surface area contributed by atoms with E-state index in [1.54, 1.807) is 0 Å². The Kier molecular flexibility index (Phi) is 2.90. The van der Waals surface area contributed by atoms with Gasteiger partial charge in [-0.05, 0) is 66.7 Å². The number of hydrogen-bond donors (Lipinski definition) is 0. The third kappa shape index (κ3) is 2.58. The van der Waals surface area contributed by atoms with Crippen molar-refractivity contribution in [2.75, 3.05) is 0 Å². The van der Waals surface area contributed by atoms with Crippen molar-refractivity contribution in [3.63, 3.8) is 0 Å². The van der Waals surface area contributed by atoms with E-state index in [4.69, 9.17) is 11.3 Å². The van der Waals surface area contributed by atoms with Gasteiger partial charge in [-0.3, -0.25) is 0 Å². The molecule has 35 heavy (non-hydrogen) atoms. The maximum atomic E-state index is 8.60. The molecule has 1 heterocycles. The zero-order valence-electron chi connectivity index (χ0n) is 23.6. The summed E-state index contributed by atoms with van der Waals surface area (Å²) in [5.74, 6) is 0. The molecule has 162 valence electrons. The Balaban J connectivity index is 1.49.